The summed E-state index contributed by atoms with van der Waals surface area (Å²) in [5.41, 5.74) is 11.5. The molecule has 0 aromatic carbocycles. The molecule has 6 nitrogen and oxygen atoms in total. The number of allylic oxidation sites excluding steroid dienone is 1. The summed E-state index contributed by atoms with van der Waals surface area (Å²) >= 11 is 1.51. The third-order valence-corrected chi connectivity index (χ3v) is 5.18. The van der Waals surface area contributed by atoms with Crippen LogP contribution in [-0.4, -0.2) is 35.5 Å². The van der Waals surface area contributed by atoms with Crippen LogP contribution < -0.4 is 0 Å². The molecule has 0 spiro atoms. The minimum Gasteiger partial charge on any atom is -0.678 e. The van der Waals surface area contributed by atoms with Gasteiger partial charge in [0, 0.05) is 18.0 Å². The van der Waals surface area contributed by atoms with Gasteiger partial charge in [0.1, 0.15) is 5.01 Å². The SMILES string of the molecule is Cc1nc(-c2cccnc2)sc1[C-]=NC1=C([NH-])OCC/C1=C\CCOC(C)C.[U+2]. The van der Waals surface area contributed by atoms with Gasteiger partial charge in [-0.1, -0.05) is 24.8 Å². The molecule has 3 rings (SSSR count). The summed E-state index contributed by atoms with van der Waals surface area (Å²) in [5, 5.41) is 0.880. The number of aryl methyl sites for hydroxylation is 1. The Labute approximate surface area is 199 Å². The van der Waals surface area contributed by atoms with E-state index < -0.39 is 0 Å². The molecule has 0 bridgehead atoms. The maximum absolute atomic E-state index is 8.10. The molecule has 3 heterocycles. The van der Waals surface area contributed by atoms with E-state index in [0.717, 1.165) is 39.6 Å². The minimum atomic E-state index is 0. The predicted molar refractivity (Wildman–Crippen MR) is 112 cm³/mol. The summed E-state index contributed by atoms with van der Waals surface area (Å²) in [6.45, 7) is 7.12. The van der Waals surface area contributed by atoms with Gasteiger partial charge in [0.15, 0.2) is 0 Å². The van der Waals surface area contributed by atoms with Gasteiger partial charge in [-0.3, -0.25) is 4.98 Å². The zero-order valence-electron chi connectivity index (χ0n) is 16.9. The molecule has 0 radical (unpaired) electrons. The molecule has 0 unspecified atom stereocenters. The Kier molecular flexibility index (Phi) is 9.57. The molecule has 0 atom stereocenters. The van der Waals surface area contributed by atoms with E-state index in [1.54, 1.807) is 12.4 Å². The summed E-state index contributed by atoms with van der Waals surface area (Å²) in [7, 11) is 0. The summed E-state index contributed by atoms with van der Waals surface area (Å²) in [5.74, 6) is 0.0874. The fourth-order valence-corrected chi connectivity index (χ4v) is 3.57. The van der Waals surface area contributed by atoms with Gasteiger partial charge in [-0.05, 0) is 61.0 Å². The van der Waals surface area contributed by atoms with E-state index in [0.29, 0.717) is 18.9 Å². The fourth-order valence-electron chi connectivity index (χ4n) is 2.67. The van der Waals surface area contributed by atoms with Gasteiger partial charge < -0.3 is 25.2 Å². The molecule has 0 amide bonds. The Morgan fingerprint density at radius 1 is 1.45 bits per heavy atom. The number of hydrogen-bond acceptors (Lipinski definition) is 6. The molecular weight excluding hydrogens is 610 g/mol. The van der Waals surface area contributed by atoms with Gasteiger partial charge in [0.2, 0.25) is 0 Å². The van der Waals surface area contributed by atoms with E-state index in [1.165, 1.54) is 11.3 Å². The maximum atomic E-state index is 8.10. The number of rotatable bonds is 7. The first kappa shape index (κ1) is 23.8. The standard InChI is InChI=1S/C21H24N4O2S.U/c1-14(2)26-10-5-7-16-8-11-27-20(22)19(16)24-13-18-15(3)25-21(28-18)17-6-4-9-23-12-17;/h4,6-7,9,12,14,22H,5,8,10-11H2,1-3H3;/q-2;+2/b16-7+;. The first-order valence-electron chi connectivity index (χ1n) is 9.29. The van der Waals surface area contributed by atoms with Crippen LogP contribution >= 0.6 is 11.3 Å². The first-order valence-corrected chi connectivity index (χ1v) is 10.1. The van der Waals surface area contributed by atoms with Gasteiger partial charge >= 0.3 is 31.1 Å². The molecule has 1 aliphatic heterocycles. The summed E-state index contributed by atoms with van der Waals surface area (Å²) in [4.78, 5) is 14.0. The number of hydrogen-bond donors (Lipinski definition) is 0. The van der Waals surface area contributed by atoms with Crippen LogP contribution in [-0.2, 0) is 9.47 Å². The molecule has 1 aliphatic rings. The third kappa shape index (κ3) is 6.78. The maximum Gasteiger partial charge on any atom is 2.00 e. The summed E-state index contributed by atoms with van der Waals surface area (Å²) in [6, 6.07) is 3.87. The van der Waals surface area contributed by atoms with Crippen LogP contribution in [0.5, 0.6) is 0 Å². The molecule has 2 aromatic rings. The molecule has 150 valence electrons. The molecule has 0 saturated carbocycles. The van der Waals surface area contributed by atoms with Crippen LogP contribution in [0.3, 0.4) is 0 Å². The van der Waals surface area contributed by atoms with Crippen molar-refractivity contribution in [3.63, 3.8) is 0 Å². The number of nitrogens with one attached hydrogen (secondary N) is 1. The minimum absolute atomic E-state index is 0. The van der Waals surface area contributed by atoms with Crippen molar-refractivity contribution in [1.29, 1.82) is 0 Å². The normalized spacial score (nSPS) is 15.8. The Bertz CT molecular complexity index is 891. The third-order valence-electron chi connectivity index (χ3n) is 4.07. The predicted octanol–water partition coefficient (Wildman–Crippen LogP) is 5.19. The van der Waals surface area contributed by atoms with Crippen molar-refractivity contribution >= 4 is 17.6 Å². The molecule has 29 heavy (non-hydrogen) atoms. The molecular formula is C21H24N4O2SU. The molecule has 2 aromatic heterocycles. The van der Waals surface area contributed by atoms with Crippen LogP contribution in [0, 0.1) is 38.0 Å². The van der Waals surface area contributed by atoms with Gasteiger partial charge in [0.05, 0.1) is 19.3 Å². The smallest absolute Gasteiger partial charge is 0.678 e. The Balaban J connectivity index is 0.00000300. The second-order valence-electron chi connectivity index (χ2n) is 6.61. The number of pyridine rings is 1. The first-order chi connectivity index (χ1) is 13.5. The zero-order chi connectivity index (χ0) is 19.9. The molecule has 0 aliphatic carbocycles. The van der Waals surface area contributed by atoms with Gasteiger partial charge in [-0.2, -0.15) is 0 Å². The van der Waals surface area contributed by atoms with Crippen molar-refractivity contribution < 1.29 is 40.6 Å². The van der Waals surface area contributed by atoms with E-state index in [1.807, 2.05) is 32.9 Å². The topological polar surface area (TPSA) is 80.4 Å². The van der Waals surface area contributed by atoms with E-state index >= 15 is 0 Å². The van der Waals surface area contributed by atoms with Crippen LogP contribution in [0.25, 0.3) is 16.3 Å². The Morgan fingerprint density at radius 2 is 2.28 bits per heavy atom. The summed E-state index contributed by atoms with van der Waals surface area (Å²) < 4.78 is 11.0. The van der Waals surface area contributed by atoms with E-state index in [-0.39, 0.29) is 43.1 Å². The van der Waals surface area contributed by atoms with E-state index in [9.17, 15) is 0 Å². The molecule has 8 heteroatoms. The van der Waals surface area contributed by atoms with Gasteiger partial charge in [-0.15, -0.1) is 11.3 Å². The van der Waals surface area contributed by atoms with Crippen molar-refractivity contribution in [3.05, 3.63) is 64.1 Å². The van der Waals surface area contributed by atoms with Crippen LogP contribution in [0.2, 0.25) is 0 Å². The molecule has 0 saturated heterocycles. The average molecular weight is 635 g/mol. The van der Waals surface area contributed by atoms with Crippen LogP contribution in [0.1, 0.15) is 37.3 Å². The Hall–Kier alpha value is -1.46. The van der Waals surface area contributed by atoms with Crippen molar-refractivity contribution in [2.45, 2.75) is 39.7 Å². The van der Waals surface area contributed by atoms with Gasteiger partial charge in [0.25, 0.3) is 0 Å². The van der Waals surface area contributed by atoms with Crippen molar-refractivity contribution in [2.75, 3.05) is 13.2 Å². The zero-order valence-corrected chi connectivity index (χ0v) is 21.8. The number of nitrogens with zero attached hydrogens (tertiary/aromatic N) is 3. The average Bonchev–Trinajstić information content (AvgIpc) is 3.06. The van der Waals surface area contributed by atoms with E-state index in [4.69, 9.17) is 15.2 Å². The largest absolute Gasteiger partial charge is 2.00 e. The van der Waals surface area contributed by atoms with Crippen molar-refractivity contribution in [3.8, 4) is 10.6 Å². The number of aromatic nitrogens is 2. The second-order valence-corrected chi connectivity index (χ2v) is 7.61. The summed E-state index contributed by atoms with van der Waals surface area (Å²) in [6.07, 6.45) is 10.4. The monoisotopic (exact) mass is 634 g/mol. The molecule has 1 N–H and O–H groups in total. The number of ether oxygens (including phenoxy) is 2. The molecule has 0 fully saturated rings. The number of aliphatic imine (C=N–C) groups is 1. The van der Waals surface area contributed by atoms with Crippen molar-refractivity contribution in [2.24, 2.45) is 4.99 Å². The van der Waals surface area contributed by atoms with Crippen LogP contribution in [0.4, 0.5) is 0 Å². The van der Waals surface area contributed by atoms with E-state index in [2.05, 4.69) is 27.3 Å². The Morgan fingerprint density at radius 3 is 3.00 bits per heavy atom. The quantitative estimate of drug-likeness (QED) is 0.239. The fraction of sp³-hybridized carbons (Fsp3) is 0.381. The second kappa shape index (κ2) is 11.7. The van der Waals surface area contributed by atoms with Crippen molar-refractivity contribution in [1.82, 2.24) is 9.97 Å². The van der Waals surface area contributed by atoms with Gasteiger partial charge in [-0.25, -0.2) is 0 Å². The van der Waals surface area contributed by atoms with Crippen LogP contribution in [0.15, 0.2) is 52.7 Å². The number of thiazole rings is 1.